The van der Waals surface area contributed by atoms with Gasteiger partial charge in [-0.05, 0) is 44.4 Å². The third-order valence-electron chi connectivity index (χ3n) is 5.46. The number of carbonyl (C=O) groups is 2. The van der Waals surface area contributed by atoms with Crippen LogP contribution in [-0.2, 0) is 35.0 Å². The molecule has 7 heteroatoms. The van der Waals surface area contributed by atoms with Gasteiger partial charge in [0.15, 0.2) is 11.9 Å². The van der Waals surface area contributed by atoms with Gasteiger partial charge in [0.05, 0.1) is 13.2 Å². The number of carbonyl (C=O) groups excluding carboxylic acids is 2. The predicted octanol–water partition coefficient (Wildman–Crippen LogP) is 2.21. The Kier molecular flexibility index (Phi) is 5.03. The highest BCUT2D eigenvalue weighted by molar-refractivity contribution is 5.99. The number of benzene rings is 1. The highest BCUT2D eigenvalue weighted by Crippen LogP contribution is 2.38. The van der Waals surface area contributed by atoms with E-state index in [0.29, 0.717) is 0 Å². The van der Waals surface area contributed by atoms with Crippen molar-refractivity contribution in [1.29, 1.82) is 0 Å². The molecule has 4 rings (SSSR count). The van der Waals surface area contributed by atoms with Gasteiger partial charge in [-0.15, -0.1) is 0 Å². The zero-order valence-corrected chi connectivity index (χ0v) is 16.6. The highest BCUT2D eigenvalue weighted by atomic mass is 16.8. The van der Waals surface area contributed by atoms with E-state index in [0.717, 1.165) is 24.9 Å². The zero-order chi connectivity index (χ0) is 19.9. The number of rotatable bonds is 4. The van der Waals surface area contributed by atoms with Crippen LogP contribution in [0.5, 0.6) is 0 Å². The van der Waals surface area contributed by atoms with Gasteiger partial charge in [0.1, 0.15) is 12.7 Å². The average molecular weight is 389 g/mol. The first-order valence-corrected chi connectivity index (χ1v) is 9.91. The number of morpholine rings is 1. The summed E-state index contributed by atoms with van der Waals surface area (Å²) in [5.41, 5.74) is 1.96. The van der Waals surface area contributed by atoms with E-state index in [-0.39, 0.29) is 31.4 Å². The number of unbranched alkanes of at least 4 members (excludes halogenated alkanes) is 1. The average Bonchev–Trinajstić information content (AvgIpc) is 3.00. The fourth-order valence-corrected chi connectivity index (χ4v) is 3.98. The van der Waals surface area contributed by atoms with Gasteiger partial charge in [0, 0.05) is 5.69 Å². The minimum Gasteiger partial charge on any atom is -0.342 e. The lowest BCUT2D eigenvalue weighted by Crippen LogP contribution is -2.67. The van der Waals surface area contributed by atoms with E-state index in [4.69, 9.17) is 18.9 Å². The molecular weight excluding hydrogens is 362 g/mol. The molecule has 3 aliphatic rings. The smallest absolute Gasteiger partial charge is 0.253 e. The quantitative estimate of drug-likeness (QED) is 0.786. The summed E-state index contributed by atoms with van der Waals surface area (Å²) < 4.78 is 23.0. The van der Waals surface area contributed by atoms with E-state index in [1.807, 2.05) is 24.3 Å². The molecule has 1 amide bonds. The van der Waals surface area contributed by atoms with Crippen LogP contribution in [0.15, 0.2) is 24.3 Å². The first-order chi connectivity index (χ1) is 13.3. The first-order valence-electron chi connectivity index (χ1n) is 9.91. The second-order valence-corrected chi connectivity index (χ2v) is 8.06. The number of fused-ring (bicyclic) bond motifs is 1. The summed E-state index contributed by atoms with van der Waals surface area (Å²) in [6.45, 7) is 5.66. The minimum absolute atomic E-state index is 0.00593. The van der Waals surface area contributed by atoms with E-state index >= 15 is 0 Å². The Hall–Kier alpha value is -1.80. The van der Waals surface area contributed by atoms with Crippen molar-refractivity contribution in [1.82, 2.24) is 0 Å². The third kappa shape index (κ3) is 3.48. The van der Waals surface area contributed by atoms with Crippen LogP contribution < -0.4 is 4.90 Å². The number of Topliss-reactive ketones (excluding diaryl/α,β-unsaturated/α-hetero) is 1. The molecule has 0 unspecified atom stereocenters. The highest BCUT2D eigenvalue weighted by Gasteiger charge is 2.60. The van der Waals surface area contributed by atoms with Gasteiger partial charge < -0.3 is 23.8 Å². The Morgan fingerprint density at radius 1 is 1.11 bits per heavy atom. The maximum absolute atomic E-state index is 13.1. The van der Waals surface area contributed by atoms with Crippen molar-refractivity contribution in [2.75, 3.05) is 24.7 Å². The molecule has 0 saturated carbocycles. The van der Waals surface area contributed by atoms with Crippen molar-refractivity contribution in [3.05, 3.63) is 29.8 Å². The van der Waals surface area contributed by atoms with E-state index < -0.39 is 23.8 Å². The summed E-state index contributed by atoms with van der Waals surface area (Å²) in [5, 5.41) is 0. The SMILES string of the molecule is CCCCc1ccc(N2C[C@@]3(OCC2=O)OC[C@H]2OC(C)(C)O[C@H]2C3=O)cc1. The summed E-state index contributed by atoms with van der Waals surface area (Å²) in [6, 6.07) is 7.87. The maximum atomic E-state index is 13.1. The van der Waals surface area contributed by atoms with Crippen LogP contribution in [0.3, 0.4) is 0 Å². The molecule has 1 aromatic carbocycles. The van der Waals surface area contributed by atoms with Crippen LogP contribution in [0.4, 0.5) is 5.69 Å². The van der Waals surface area contributed by atoms with Crippen molar-refractivity contribution in [2.24, 2.45) is 0 Å². The minimum atomic E-state index is -1.51. The largest absolute Gasteiger partial charge is 0.342 e. The van der Waals surface area contributed by atoms with Crippen molar-refractivity contribution in [3.63, 3.8) is 0 Å². The molecule has 28 heavy (non-hydrogen) atoms. The lowest BCUT2D eigenvalue weighted by molar-refractivity contribution is -0.254. The molecule has 3 heterocycles. The van der Waals surface area contributed by atoms with E-state index in [1.54, 1.807) is 18.7 Å². The molecule has 1 spiro atoms. The molecule has 7 nitrogen and oxygen atoms in total. The number of aryl methyl sites for hydroxylation is 1. The standard InChI is InChI=1S/C21H27NO6/c1-4-5-6-14-7-9-15(10-8-14)22-13-21(26-12-17(22)23)19(24)18-16(11-25-21)27-20(2,3)28-18/h7-10,16,18H,4-6,11-13H2,1-3H3/t16-,18-,21+/m1/s1. The third-order valence-corrected chi connectivity index (χ3v) is 5.46. The number of amides is 1. The number of ether oxygens (including phenoxy) is 4. The molecule has 3 aliphatic heterocycles. The van der Waals surface area contributed by atoms with Gasteiger partial charge in [-0.3, -0.25) is 9.59 Å². The van der Waals surface area contributed by atoms with Crippen molar-refractivity contribution in [3.8, 4) is 0 Å². The lowest BCUT2D eigenvalue weighted by Gasteiger charge is -2.44. The summed E-state index contributed by atoms with van der Waals surface area (Å²) in [5.74, 6) is -2.89. The van der Waals surface area contributed by atoms with Crippen molar-refractivity contribution < 1.29 is 28.5 Å². The van der Waals surface area contributed by atoms with Gasteiger partial charge in [0.25, 0.3) is 11.7 Å². The molecule has 0 aliphatic carbocycles. The summed E-state index contributed by atoms with van der Waals surface area (Å²) in [7, 11) is 0. The fraction of sp³-hybridized carbons (Fsp3) is 0.619. The van der Waals surface area contributed by atoms with Gasteiger partial charge in [-0.1, -0.05) is 25.5 Å². The number of anilines is 1. The maximum Gasteiger partial charge on any atom is 0.253 e. The topological polar surface area (TPSA) is 74.3 Å². The molecule has 1 aromatic rings. The summed E-state index contributed by atoms with van der Waals surface area (Å²) >= 11 is 0. The summed E-state index contributed by atoms with van der Waals surface area (Å²) in [6.07, 6.45) is 2.06. The number of ketones is 1. The Labute approximate surface area is 164 Å². The number of hydrogen-bond acceptors (Lipinski definition) is 6. The van der Waals surface area contributed by atoms with Crippen LogP contribution in [0.1, 0.15) is 39.2 Å². The number of hydrogen-bond donors (Lipinski definition) is 0. The van der Waals surface area contributed by atoms with E-state index in [1.165, 1.54) is 5.56 Å². The molecule has 3 atom stereocenters. The molecule has 3 saturated heterocycles. The summed E-state index contributed by atoms with van der Waals surface area (Å²) in [4.78, 5) is 27.2. The fourth-order valence-electron chi connectivity index (χ4n) is 3.98. The monoisotopic (exact) mass is 389 g/mol. The van der Waals surface area contributed by atoms with Crippen LogP contribution in [0, 0.1) is 0 Å². The molecule has 0 aromatic heterocycles. The lowest BCUT2D eigenvalue weighted by atomic mass is 9.96. The first kappa shape index (κ1) is 19.5. The normalized spacial score (nSPS) is 32.0. The van der Waals surface area contributed by atoms with Gasteiger partial charge in [0.2, 0.25) is 5.78 Å². The molecule has 0 radical (unpaired) electrons. The van der Waals surface area contributed by atoms with E-state index in [9.17, 15) is 9.59 Å². The van der Waals surface area contributed by atoms with Gasteiger partial charge in [-0.25, -0.2) is 0 Å². The van der Waals surface area contributed by atoms with Crippen molar-refractivity contribution >= 4 is 17.4 Å². The Morgan fingerprint density at radius 3 is 2.57 bits per heavy atom. The van der Waals surface area contributed by atoms with Crippen LogP contribution in [0.2, 0.25) is 0 Å². The van der Waals surface area contributed by atoms with Gasteiger partial charge >= 0.3 is 0 Å². The molecule has 152 valence electrons. The second kappa shape index (κ2) is 7.22. The molecule has 0 bridgehead atoms. The number of nitrogens with zero attached hydrogens (tertiary/aromatic N) is 1. The molecule has 3 fully saturated rings. The van der Waals surface area contributed by atoms with Crippen LogP contribution in [0.25, 0.3) is 0 Å². The predicted molar refractivity (Wildman–Crippen MR) is 101 cm³/mol. The van der Waals surface area contributed by atoms with Gasteiger partial charge in [-0.2, -0.15) is 0 Å². The van der Waals surface area contributed by atoms with Crippen LogP contribution >= 0.6 is 0 Å². The second-order valence-electron chi connectivity index (χ2n) is 8.06. The molecular formula is C21H27NO6. The van der Waals surface area contributed by atoms with Crippen molar-refractivity contribution in [2.45, 2.75) is 63.8 Å². The Bertz CT molecular complexity index is 761. The Balaban J connectivity index is 1.53. The Morgan fingerprint density at radius 2 is 1.86 bits per heavy atom. The zero-order valence-electron chi connectivity index (χ0n) is 16.6. The van der Waals surface area contributed by atoms with E-state index in [2.05, 4.69) is 6.92 Å². The molecule has 0 N–H and O–H groups in total. The van der Waals surface area contributed by atoms with Crippen LogP contribution in [-0.4, -0.2) is 55.2 Å².